The molecule has 0 fully saturated rings. The van der Waals surface area contributed by atoms with Crippen LogP contribution in [0, 0.1) is 0 Å². The zero-order chi connectivity index (χ0) is 14.9. The summed E-state index contributed by atoms with van der Waals surface area (Å²) in [6, 6.07) is 7.37. The van der Waals surface area contributed by atoms with Gasteiger partial charge in [0.25, 0.3) is 5.91 Å². The third-order valence-corrected chi connectivity index (χ3v) is 3.06. The van der Waals surface area contributed by atoms with E-state index >= 15 is 0 Å². The molecule has 0 aliphatic heterocycles. The van der Waals surface area contributed by atoms with Gasteiger partial charge < -0.3 is 10.6 Å². The Bertz CT molecular complexity index is 571. The Morgan fingerprint density at radius 2 is 2.00 bits per heavy atom. The van der Waals surface area contributed by atoms with Gasteiger partial charge in [0.05, 0.1) is 0 Å². The number of nitrogens with one attached hydrogen (secondary N) is 2. The summed E-state index contributed by atoms with van der Waals surface area (Å²) >= 11 is 0. The maximum Gasteiger partial charge on any atom is 0.251 e. The zero-order valence-electron chi connectivity index (χ0n) is 12.2. The Morgan fingerprint density at radius 3 is 2.76 bits per heavy atom. The molecule has 0 bridgehead atoms. The molecular formula is C16H20N4O. The molecule has 0 saturated carbocycles. The van der Waals surface area contributed by atoms with Gasteiger partial charge >= 0.3 is 0 Å². The Balaban J connectivity index is 1.92. The molecule has 0 atom stereocenters. The first-order valence-corrected chi connectivity index (χ1v) is 7.16. The fourth-order valence-corrected chi connectivity index (χ4v) is 1.84. The van der Waals surface area contributed by atoms with Crippen LogP contribution in [0.5, 0.6) is 0 Å². The second-order valence-corrected chi connectivity index (χ2v) is 4.75. The number of carbonyl (C=O) groups is 1. The van der Waals surface area contributed by atoms with E-state index in [0.717, 1.165) is 18.4 Å². The first kappa shape index (κ1) is 15.0. The number of hydrogen-bond donors (Lipinski definition) is 2. The Hall–Kier alpha value is -2.43. The predicted molar refractivity (Wildman–Crippen MR) is 83.0 cm³/mol. The molecule has 0 aliphatic rings. The monoisotopic (exact) mass is 284 g/mol. The molecule has 0 spiro atoms. The average Bonchev–Trinajstić information content (AvgIpc) is 2.54. The van der Waals surface area contributed by atoms with Crippen molar-refractivity contribution in [1.29, 1.82) is 0 Å². The molecule has 0 unspecified atom stereocenters. The Morgan fingerprint density at radius 1 is 1.19 bits per heavy atom. The largest absolute Gasteiger partial charge is 0.366 e. The molecule has 0 saturated heterocycles. The zero-order valence-corrected chi connectivity index (χ0v) is 12.2. The summed E-state index contributed by atoms with van der Waals surface area (Å²) < 4.78 is 0. The second kappa shape index (κ2) is 7.99. The van der Waals surface area contributed by atoms with Gasteiger partial charge in [-0.1, -0.05) is 13.3 Å². The van der Waals surface area contributed by atoms with Crippen LogP contribution >= 0.6 is 0 Å². The third-order valence-electron chi connectivity index (χ3n) is 3.06. The molecule has 0 radical (unpaired) electrons. The molecule has 2 rings (SSSR count). The van der Waals surface area contributed by atoms with Gasteiger partial charge in [0, 0.05) is 37.2 Å². The quantitative estimate of drug-likeness (QED) is 0.767. The predicted octanol–water partition coefficient (Wildman–Crippen LogP) is 2.62. The van der Waals surface area contributed by atoms with Crippen molar-refractivity contribution in [3.63, 3.8) is 0 Å². The van der Waals surface area contributed by atoms with E-state index in [1.54, 1.807) is 30.7 Å². The fourth-order valence-electron chi connectivity index (χ4n) is 1.84. The van der Waals surface area contributed by atoms with Crippen LogP contribution < -0.4 is 10.6 Å². The van der Waals surface area contributed by atoms with Gasteiger partial charge in [-0.05, 0) is 36.2 Å². The lowest BCUT2D eigenvalue weighted by Gasteiger charge is -2.08. The van der Waals surface area contributed by atoms with Crippen molar-refractivity contribution in [1.82, 2.24) is 15.3 Å². The molecule has 0 aromatic carbocycles. The average molecular weight is 284 g/mol. The molecule has 5 heteroatoms. The minimum absolute atomic E-state index is 0.0576. The number of aromatic nitrogens is 2. The van der Waals surface area contributed by atoms with Gasteiger partial charge in [0.2, 0.25) is 0 Å². The second-order valence-electron chi connectivity index (χ2n) is 4.75. The SMILES string of the molecule is CCCCNC(=O)c1ccnc(NCc2ccncc2)c1. The summed E-state index contributed by atoms with van der Waals surface area (Å²) in [6.07, 6.45) is 7.20. The van der Waals surface area contributed by atoms with Crippen molar-refractivity contribution < 1.29 is 4.79 Å². The van der Waals surface area contributed by atoms with Crippen molar-refractivity contribution in [2.24, 2.45) is 0 Å². The lowest BCUT2D eigenvalue weighted by molar-refractivity contribution is 0.0953. The summed E-state index contributed by atoms with van der Waals surface area (Å²) in [5.74, 6) is 0.632. The summed E-state index contributed by atoms with van der Waals surface area (Å²) in [6.45, 7) is 3.45. The van der Waals surface area contributed by atoms with Crippen LogP contribution in [-0.4, -0.2) is 22.4 Å². The molecule has 110 valence electrons. The Kier molecular flexibility index (Phi) is 5.70. The Labute approximate surface area is 124 Å². The van der Waals surface area contributed by atoms with Crippen molar-refractivity contribution in [2.45, 2.75) is 26.3 Å². The first-order valence-electron chi connectivity index (χ1n) is 7.16. The maximum atomic E-state index is 12.0. The van der Waals surface area contributed by atoms with Crippen LogP contribution in [0.15, 0.2) is 42.9 Å². The van der Waals surface area contributed by atoms with Crippen LogP contribution in [0.1, 0.15) is 35.7 Å². The summed E-state index contributed by atoms with van der Waals surface area (Å²) in [5.41, 5.74) is 1.74. The number of nitrogens with zero attached hydrogens (tertiary/aromatic N) is 2. The van der Waals surface area contributed by atoms with E-state index in [0.29, 0.717) is 24.5 Å². The molecule has 1 amide bonds. The number of hydrogen-bond acceptors (Lipinski definition) is 4. The van der Waals surface area contributed by atoms with E-state index in [1.807, 2.05) is 12.1 Å². The van der Waals surface area contributed by atoms with Crippen molar-refractivity contribution in [3.8, 4) is 0 Å². The van der Waals surface area contributed by atoms with Gasteiger partial charge in [0.15, 0.2) is 0 Å². The minimum atomic E-state index is -0.0576. The van der Waals surface area contributed by atoms with Gasteiger partial charge in [0.1, 0.15) is 5.82 Å². The number of anilines is 1. The van der Waals surface area contributed by atoms with E-state index in [4.69, 9.17) is 0 Å². The lowest BCUT2D eigenvalue weighted by Crippen LogP contribution is -2.24. The lowest BCUT2D eigenvalue weighted by atomic mass is 10.2. The highest BCUT2D eigenvalue weighted by Gasteiger charge is 2.06. The van der Waals surface area contributed by atoms with E-state index in [1.165, 1.54) is 0 Å². The van der Waals surface area contributed by atoms with Crippen molar-refractivity contribution in [3.05, 3.63) is 54.0 Å². The summed E-state index contributed by atoms with van der Waals surface area (Å²) in [5, 5.41) is 6.10. The van der Waals surface area contributed by atoms with E-state index in [2.05, 4.69) is 27.5 Å². The van der Waals surface area contributed by atoms with E-state index in [-0.39, 0.29) is 5.91 Å². The number of amides is 1. The van der Waals surface area contributed by atoms with E-state index < -0.39 is 0 Å². The van der Waals surface area contributed by atoms with Crippen molar-refractivity contribution in [2.75, 3.05) is 11.9 Å². The van der Waals surface area contributed by atoms with Crippen LogP contribution in [0.2, 0.25) is 0 Å². The standard InChI is InChI=1S/C16H20N4O/c1-2-3-7-19-16(21)14-6-10-18-15(11-14)20-12-13-4-8-17-9-5-13/h4-6,8-11H,2-3,7,12H2,1H3,(H,18,20)(H,19,21). The number of carbonyl (C=O) groups excluding carboxylic acids is 1. The third kappa shape index (κ3) is 4.87. The normalized spacial score (nSPS) is 10.1. The van der Waals surface area contributed by atoms with Gasteiger partial charge in [-0.3, -0.25) is 9.78 Å². The summed E-state index contributed by atoms with van der Waals surface area (Å²) in [4.78, 5) is 20.2. The molecule has 2 heterocycles. The molecule has 21 heavy (non-hydrogen) atoms. The number of rotatable bonds is 7. The molecule has 2 N–H and O–H groups in total. The number of pyridine rings is 2. The summed E-state index contributed by atoms with van der Waals surface area (Å²) in [7, 11) is 0. The smallest absolute Gasteiger partial charge is 0.251 e. The molecule has 5 nitrogen and oxygen atoms in total. The highest BCUT2D eigenvalue weighted by molar-refractivity contribution is 5.94. The number of unbranched alkanes of at least 4 members (excludes halogenated alkanes) is 1. The van der Waals surface area contributed by atoms with Crippen LogP contribution in [-0.2, 0) is 6.54 Å². The maximum absolute atomic E-state index is 12.0. The van der Waals surface area contributed by atoms with Gasteiger partial charge in [-0.15, -0.1) is 0 Å². The molecule has 0 aliphatic carbocycles. The molecular weight excluding hydrogens is 264 g/mol. The van der Waals surface area contributed by atoms with Gasteiger partial charge in [-0.25, -0.2) is 4.98 Å². The topological polar surface area (TPSA) is 66.9 Å². The van der Waals surface area contributed by atoms with Crippen LogP contribution in [0.3, 0.4) is 0 Å². The highest BCUT2D eigenvalue weighted by atomic mass is 16.1. The van der Waals surface area contributed by atoms with E-state index in [9.17, 15) is 4.79 Å². The fraction of sp³-hybridized carbons (Fsp3) is 0.312. The highest BCUT2D eigenvalue weighted by Crippen LogP contribution is 2.08. The van der Waals surface area contributed by atoms with Crippen LogP contribution in [0.25, 0.3) is 0 Å². The minimum Gasteiger partial charge on any atom is -0.366 e. The molecule has 2 aromatic heterocycles. The molecule has 2 aromatic rings. The van der Waals surface area contributed by atoms with Crippen molar-refractivity contribution >= 4 is 11.7 Å². The van der Waals surface area contributed by atoms with Gasteiger partial charge in [-0.2, -0.15) is 0 Å². The van der Waals surface area contributed by atoms with Crippen LogP contribution in [0.4, 0.5) is 5.82 Å². The first-order chi connectivity index (χ1) is 10.3.